The molecule has 0 radical (unpaired) electrons. The van der Waals surface area contributed by atoms with Crippen LogP contribution < -0.4 is 22.3 Å². The molecule has 1 amide bonds. The molecule has 0 saturated heterocycles. The molecular formula is C14H22N4O3. The second kappa shape index (κ2) is 6.15. The molecule has 0 bridgehead atoms. The summed E-state index contributed by atoms with van der Waals surface area (Å²) >= 11 is 0. The number of hydrogen-bond acceptors (Lipinski definition) is 4. The van der Waals surface area contributed by atoms with Crippen molar-refractivity contribution in [1.29, 1.82) is 0 Å². The Hall–Kier alpha value is -2.05. The molecule has 0 aromatic carbocycles. The summed E-state index contributed by atoms with van der Waals surface area (Å²) in [5.74, 6) is 0.239. The number of nitrogens with two attached hydrogens (primary N) is 1. The van der Waals surface area contributed by atoms with Crippen LogP contribution in [0.4, 0.5) is 11.5 Å². The number of anilines is 2. The fourth-order valence-electron chi connectivity index (χ4n) is 2.18. The minimum absolute atomic E-state index is 0.0128. The predicted molar refractivity (Wildman–Crippen MR) is 81.2 cm³/mol. The minimum Gasteiger partial charge on any atom is -0.383 e. The third kappa shape index (κ3) is 3.34. The zero-order chi connectivity index (χ0) is 15.6. The van der Waals surface area contributed by atoms with E-state index in [2.05, 4.69) is 5.32 Å². The molecule has 116 valence electrons. The van der Waals surface area contributed by atoms with Crippen molar-refractivity contribution in [2.75, 3.05) is 11.1 Å². The van der Waals surface area contributed by atoms with Gasteiger partial charge in [0.1, 0.15) is 11.5 Å². The maximum atomic E-state index is 12.1. The predicted octanol–water partition coefficient (Wildman–Crippen LogP) is 0.668. The van der Waals surface area contributed by atoms with Crippen molar-refractivity contribution in [1.82, 2.24) is 9.13 Å². The van der Waals surface area contributed by atoms with Gasteiger partial charge in [0.25, 0.3) is 5.56 Å². The normalized spacial score (nSPS) is 14.2. The third-order valence-corrected chi connectivity index (χ3v) is 3.74. The van der Waals surface area contributed by atoms with E-state index in [9.17, 15) is 14.4 Å². The van der Waals surface area contributed by atoms with Gasteiger partial charge in [0, 0.05) is 20.0 Å². The molecule has 1 saturated carbocycles. The Bertz CT molecular complexity index is 655. The second-order valence-electron chi connectivity index (χ2n) is 5.61. The van der Waals surface area contributed by atoms with Crippen molar-refractivity contribution < 1.29 is 4.79 Å². The summed E-state index contributed by atoms with van der Waals surface area (Å²) in [6, 6.07) is 0. The topological polar surface area (TPSA) is 99.1 Å². The first-order valence-corrected chi connectivity index (χ1v) is 7.34. The van der Waals surface area contributed by atoms with Crippen LogP contribution in [0.2, 0.25) is 0 Å². The SMILES string of the molecule is CCCCC(=O)Nc1c(N)n(CC2CC2)c(=O)n(C)c1=O. The molecule has 1 fully saturated rings. The van der Waals surface area contributed by atoms with Crippen molar-refractivity contribution in [3.05, 3.63) is 20.8 Å². The average Bonchev–Trinajstić information content (AvgIpc) is 3.28. The van der Waals surface area contributed by atoms with Gasteiger partial charge in [-0.2, -0.15) is 0 Å². The maximum absolute atomic E-state index is 12.1. The Balaban J connectivity index is 2.35. The zero-order valence-electron chi connectivity index (χ0n) is 12.5. The number of carbonyl (C=O) groups is 1. The number of rotatable bonds is 6. The number of carbonyl (C=O) groups excluding carboxylic acids is 1. The average molecular weight is 294 g/mol. The van der Waals surface area contributed by atoms with Gasteiger partial charge >= 0.3 is 5.69 Å². The van der Waals surface area contributed by atoms with Crippen molar-refractivity contribution in [2.45, 2.75) is 45.6 Å². The Labute approximate surface area is 122 Å². The lowest BCUT2D eigenvalue weighted by molar-refractivity contribution is -0.116. The highest BCUT2D eigenvalue weighted by Crippen LogP contribution is 2.31. The van der Waals surface area contributed by atoms with E-state index in [-0.39, 0.29) is 17.4 Å². The number of nitrogen functional groups attached to an aromatic ring is 1. The van der Waals surface area contributed by atoms with E-state index in [1.807, 2.05) is 6.92 Å². The number of amides is 1. The van der Waals surface area contributed by atoms with Crippen LogP contribution in [-0.4, -0.2) is 15.0 Å². The lowest BCUT2D eigenvalue weighted by Crippen LogP contribution is -2.41. The summed E-state index contributed by atoms with van der Waals surface area (Å²) in [5.41, 5.74) is 4.96. The van der Waals surface area contributed by atoms with E-state index in [4.69, 9.17) is 5.73 Å². The molecule has 7 heteroatoms. The molecule has 7 nitrogen and oxygen atoms in total. The van der Waals surface area contributed by atoms with E-state index in [1.54, 1.807) is 0 Å². The quantitative estimate of drug-likeness (QED) is 0.805. The van der Waals surface area contributed by atoms with Crippen molar-refractivity contribution in [2.24, 2.45) is 13.0 Å². The minimum atomic E-state index is -0.561. The first-order chi connectivity index (χ1) is 9.95. The van der Waals surface area contributed by atoms with Crippen molar-refractivity contribution in [3.8, 4) is 0 Å². The van der Waals surface area contributed by atoms with Crippen LogP contribution in [-0.2, 0) is 18.4 Å². The van der Waals surface area contributed by atoms with E-state index in [0.29, 0.717) is 18.9 Å². The van der Waals surface area contributed by atoms with Crippen LogP contribution in [0.1, 0.15) is 39.0 Å². The van der Waals surface area contributed by atoms with Crippen LogP contribution in [0.15, 0.2) is 9.59 Å². The first-order valence-electron chi connectivity index (χ1n) is 7.34. The van der Waals surface area contributed by atoms with E-state index in [0.717, 1.165) is 30.3 Å². The van der Waals surface area contributed by atoms with Gasteiger partial charge in [0.15, 0.2) is 0 Å². The fourth-order valence-corrected chi connectivity index (χ4v) is 2.18. The van der Waals surface area contributed by atoms with Crippen LogP contribution >= 0.6 is 0 Å². The maximum Gasteiger partial charge on any atom is 0.332 e. The van der Waals surface area contributed by atoms with Crippen LogP contribution in [0, 0.1) is 5.92 Å². The van der Waals surface area contributed by atoms with Gasteiger partial charge in [-0.1, -0.05) is 13.3 Å². The molecule has 1 aliphatic carbocycles. The highest BCUT2D eigenvalue weighted by molar-refractivity contribution is 5.92. The molecule has 1 aromatic rings. The summed E-state index contributed by atoms with van der Waals surface area (Å²) in [5, 5.41) is 2.56. The molecule has 1 heterocycles. The number of hydrogen-bond donors (Lipinski definition) is 2. The third-order valence-electron chi connectivity index (χ3n) is 3.74. The van der Waals surface area contributed by atoms with E-state index >= 15 is 0 Å². The summed E-state index contributed by atoms with van der Waals surface area (Å²) in [7, 11) is 1.40. The lowest BCUT2D eigenvalue weighted by Gasteiger charge is -2.15. The molecule has 3 N–H and O–H groups in total. The molecule has 0 unspecified atom stereocenters. The van der Waals surface area contributed by atoms with Crippen LogP contribution in [0.5, 0.6) is 0 Å². The lowest BCUT2D eigenvalue weighted by atomic mass is 10.2. The highest BCUT2D eigenvalue weighted by atomic mass is 16.2. The highest BCUT2D eigenvalue weighted by Gasteiger charge is 2.25. The monoisotopic (exact) mass is 294 g/mol. The van der Waals surface area contributed by atoms with Gasteiger partial charge in [-0.25, -0.2) is 4.79 Å². The number of aromatic nitrogens is 2. The van der Waals surface area contributed by atoms with Crippen molar-refractivity contribution in [3.63, 3.8) is 0 Å². The first kappa shape index (κ1) is 15.3. The summed E-state index contributed by atoms with van der Waals surface area (Å²) in [4.78, 5) is 36.1. The Kier molecular flexibility index (Phi) is 4.50. The van der Waals surface area contributed by atoms with Crippen LogP contribution in [0.25, 0.3) is 0 Å². The summed E-state index contributed by atoms with van der Waals surface area (Å²) < 4.78 is 2.38. The Morgan fingerprint density at radius 1 is 1.38 bits per heavy atom. The molecular weight excluding hydrogens is 272 g/mol. The van der Waals surface area contributed by atoms with Crippen LogP contribution in [0.3, 0.4) is 0 Å². The molecule has 21 heavy (non-hydrogen) atoms. The molecule has 1 aromatic heterocycles. The molecule has 2 rings (SSSR count). The van der Waals surface area contributed by atoms with Gasteiger partial charge in [0.05, 0.1) is 0 Å². The summed E-state index contributed by atoms with van der Waals surface area (Å²) in [6.45, 7) is 2.48. The number of nitrogens with one attached hydrogen (secondary N) is 1. The molecule has 0 spiro atoms. The smallest absolute Gasteiger partial charge is 0.332 e. The molecule has 0 atom stereocenters. The van der Waals surface area contributed by atoms with Gasteiger partial charge < -0.3 is 11.1 Å². The van der Waals surface area contributed by atoms with Gasteiger partial charge in [0.2, 0.25) is 5.91 Å². The number of unbranched alkanes of at least 4 members (excludes halogenated alkanes) is 1. The summed E-state index contributed by atoms with van der Waals surface area (Å²) in [6.07, 6.45) is 4.09. The standard InChI is InChI=1S/C14H22N4O3/c1-3-4-5-10(19)16-11-12(15)18(8-9-6-7-9)14(21)17(2)13(11)20/h9H,3-8,15H2,1-2H3,(H,16,19). The van der Waals surface area contributed by atoms with E-state index < -0.39 is 11.2 Å². The number of nitrogens with zero attached hydrogens (tertiary/aromatic N) is 2. The van der Waals surface area contributed by atoms with Crippen molar-refractivity contribution >= 4 is 17.4 Å². The Morgan fingerprint density at radius 2 is 2.05 bits per heavy atom. The zero-order valence-corrected chi connectivity index (χ0v) is 12.5. The molecule has 1 aliphatic rings. The Morgan fingerprint density at radius 3 is 2.62 bits per heavy atom. The second-order valence-corrected chi connectivity index (χ2v) is 5.61. The molecule has 0 aliphatic heterocycles. The van der Waals surface area contributed by atoms with Gasteiger partial charge in [-0.3, -0.25) is 18.7 Å². The van der Waals surface area contributed by atoms with Gasteiger partial charge in [-0.05, 0) is 25.2 Å². The fraction of sp³-hybridized carbons (Fsp3) is 0.643. The van der Waals surface area contributed by atoms with Gasteiger partial charge in [-0.15, -0.1) is 0 Å². The van der Waals surface area contributed by atoms with E-state index in [1.165, 1.54) is 11.6 Å². The largest absolute Gasteiger partial charge is 0.383 e.